The van der Waals surface area contributed by atoms with Crippen molar-refractivity contribution in [1.29, 1.82) is 0 Å². The van der Waals surface area contributed by atoms with Crippen LogP contribution < -0.4 is 10.2 Å². The van der Waals surface area contributed by atoms with E-state index in [1.807, 2.05) is 13.8 Å². The fourth-order valence-electron chi connectivity index (χ4n) is 1.91. The van der Waals surface area contributed by atoms with Crippen LogP contribution in [0.1, 0.15) is 28.5 Å². The second-order valence-electron chi connectivity index (χ2n) is 4.87. The zero-order chi connectivity index (χ0) is 15.6. The number of amides is 2. The van der Waals surface area contributed by atoms with Gasteiger partial charge in [-0.2, -0.15) is 5.10 Å². The van der Waals surface area contributed by atoms with Crippen LogP contribution in [0, 0.1) is 13.8 Å². The lowest BCUT2D eigenvalue weighted by atomic mass is 10.1. The molecule has 0 aliphatic heterocycles. The van der Waals surface area contributed by atoms with Gasteiger partial charge in [-0.05, 0) is 26.0 Å². The number of hydrogen-bond acceptors (Lipinski definition) is 3. The van der Waals surface area contributed by atoms with Gasteiger partial charge in [0, 0.05) is 25.2 Å². The van der Waals surface area contributed by atoms with Gasteiger partial charge in [0.1, 0.15) is 0 Å². The average molecular weight is 286 g/mol. The van der Waals surface area contributed by atoms with Crippen molar-refractivity contribution >= 4 is 23.3 Å². The number of H-pyrrole nitrogens is 1. The van der Waals surface area contributed by atoms with Crippen LogP contribution in [0.3, 0.4) is 0 Å². The highest BCUT2D eigenvalue weighted by Gasteiger charge is 2.17. The van der Waals surface area contributed by atoms with Crippen molar-refractivity contribution in [1.82, 2.24) is 10.2 Å². The SMILES string of the molecule is CC(=O)N(C)c1ccccc1C(=O)Nc1n[nH]c(C)c1C. The van der Waals surface area contributed by atoms with Crippen LogP contribution in [-0.2, 0) is 4.79 Å². The largest absolute Gasteiger partial charge is 0.315 e. The third kappa shape index (κ3) is 2.94. The van der Waals surface area contributed by atoms with Crippen LogP contribution in [0.4, 0.5) is 11.5 Å². The van der Waals surface area contributed by atoms with Gasteiger partial charge in [0.05, 0.1) is 11.3 Å². The minimum Gasteiger partial charge on any atom is -0.315 e. The van der Waals surface area contributed by atoms with E-state index in [4.69, 9.17) is 0 Å². The molecule has 0 fully saturated rings. The number of aryl methyl sites for hydroxylation is 1. The normalized spacial score (nSPS) is 10.3. The zero-order valence-electron chi connectivity index (χ0n) is 12.5. The van der Waals surface area contributed by atoms with Gasteiger partial charge in [-0.25, -0.2) is 0 Å². The number of hydrogen-bond donors (Lipinski definition) is 2. The predicted molar refractivity (Wildman–Crippen MR) is 81.5 cm³/mol. The highest BCUT2D eigenvalue weighted by atomic mass is 16.2. The molecule has 6 nitrogen and oxygen atoms in total. The molecule has 2 aromatic rings. The summed E-state index contributed by atoms with van der Waals surface area (Å²) in [7, 11) is 1.64. The Balaban J connectivity index is 2.32. The lowest BCUT2D eigenvalue weighted by molar-refractivity contribution is -0.116. The maximum Gasteiger partial charge on any atom is 0.258 e. The number of rotatable bonds is 3. The number of para-hydroxylation sites is 1. The monoisotopic (exact) mass is 286 g/mol. The Hall–Kier alpha value is -2.63. The first-order valence-electron chi connectivity index (χ1n) is 6.58. The molecule has 0 aliphatic rings. The minimum atomic E-state index is -0.298. The number of benzene rings is 1. The van der Waals surface area contributed by atoms with Crippen LogP contribution in [-0.4, -0.2) is 29.1 Å². The number of nitrogens with zero attached hydrogens (tertiary/aromatic N) is 2. The van der Waals surface area contributed by atoms with Crippen molar-refractivity contribution in [3.8, 4) is 0 Å². The number of carbonyl (C=O) groups excluding carboxylic acids is 2. The Morgan fingerprint density at radius 3 is 2.48 bits per heavy atom. The number of nitrogens with one attached hydrogen (secondary N) is 2. The number of aromatic nitrogens is 2. The maximum absolute atomic E-state index is 12.4. The Labute approximate surface area is 123 Å². The lowest BCUT2D eigenvalue weighted by Crippen LogP contribution is -2.26. The second-order valence-corrected chi connectivity index (χ2v) is 4.87. The molecule has 0 bridgehead atoms. The van der Waals surface area contributed by atoms with E-state index in [0.29, 0.717) is 17.1 Å². The molecule has 0 saturated carbocycles. The first kappa shape index (κ1) is 14.8. The van der Waals surface area contributed by atoms with E-state index in [1.54, 1.807) is 31.3 Å². The molecule has 1 aromatic heterocycles. The van der Waals surface area contributed by atoms with Crippen LogP contribution in [0.25, 0.3) is 0 Å². The van der Waals surface area contributed by atoms with Gasteiger partial charge in [-0.1, -0.05) is 12.1 Å². The Morgan fingerprint density at radius 1 is 1.24 bits per heavy atom. The summed E-state index contributed by atoms with van der Waals surface area (Å²) in [5.41, 5.74) is 2.78. The minimum absolute atomic E-state index is 0.137. The maximum atomic E-state index is 12.4. The van der Waals surface area contributed by atoms with Gasteiger partial charge in [-0.15, -0.1) is 0 Å². The predicted octanol–water partition coefficient (Wildman–Crippen LogP) is 2.26. The molecule has 0 unspecified atom stereocenters. The topological polar surface area (TPSA) is 78.1 Å². The first-order chi connectivity index (χ1) is 9.91. The number of aromatic amines is 1. The standard InChI is InChI=1S/C15H18N4O2/c1-9-10(2)17-18-14(9)16-15(21)12-7-5-6-8-13(12)19(4)11(3)20/h5-8H,1-4H3,(H2,16,17,18,21). The van der Waals surface area contributed by atoms with E-state index in [-0.39, 0.29) is 11.8 Å². The fourth-order valence-corrected chi connectivity index (χ4v) is 1.91. The summed E-state index contributed by atoms with van der Waals surface area (Å²) in [6.07, 6.45) is 0. The van der Waals surface area contributed by atoms with Gasteiger partial charge in [0.2, 0.25) is 5.91 Å². The third-order valence-electron chi connectivity index (χ3n) is 3.47. The van der Waals surface area contributed by atoms with Crippen molar-refractivity contribution in [3.05, 3.63) is 41.1 Å². The summed E-state index contributed by atoms with van der Waals surface area (Å²) in [6.45, 7) is 5.22. The summed E-state index contributed by atoms with van der Waals surface area (Å²) < 4.78 is 0. The van der Waals surface area contributed by atoms with E-state index in [9.17, 15) is 9.59 Å². The smallest absolute Gasteiger partial charge is 0.258 e. The van der Waals surface area contributed by atoms with Crippen LogP contribution in [0.5, 0.6) is 0 Å². The first-order valence-corrected chi connectivity index (χ1v) is 6.58. The van der Waals surface area contributed by atoms with Crippen molar-refractivity contribution in [2.24, 2.45) is 0 Å². The van der Waals surface area contributed by atoms with E-state index in [0.717, 1.165) is 11.3 Å². The van der Waals surface area contributed by atoms with Gasteiger partial charge in [0.25, 0.3) is 5.91 Å². The molecular formula is C15H18N4O2. The fraction of sp³-hybridized carbons (Fsp3) is 0.267. The molecule has 1 aromatic carbocycles. The number of carbonyl (C=O) groups is 2. The Bertz CT molecular complexity index is 691. The summed E-state index contributed by atoms with van der Waals surface area (Å²) in [5, 5.41) is 9.64. The van der Waals surface area contributed by atoms with Gasteiger partial charge in [0.15, 0.2) is 5.82 Å². The highest BCUT2D eigenvalue weighted by molar-refractivity contribution is 6.10. The van der Waals surface area contributed by atoms with Crippen molar-refractivity contribution in [3.63, 3.8) is 0 Å². The van der Waals surface area contributed by atoms with Crippen molar-refractivity contribution in [2.45, 2.75) is 20.8 Å². The molecule has 2 amide bonds. The molecule has 0 saturated heterocycles. The summed E-state index contributed by atoms with van der Waals surface area (Å²) in [6, 6.07) is 6.96. The van der Waals surface area contributed by atoms with Crippen LogP contribution >= 0.6 is 0 Å². The molecule has 2 rings (SSSR count). The summed E-state index contributed by atoms with van der Waals surface area (Å²) in [4.78, 5) is 25.4. The van der Waals surface area contributed by atoms with Gasteiger partial charge < -0.3 is 10.2 Å². The molecule has 0 radical (unpaired) electrons. The molecule has 21 heavy (non-hydrogen) atoms. The molecule has 0 atom stereocenters. The van der Waals surface area contributed by atoms with E-state index in [1.165, 1.54) is 11.8 Å². The summed E-state index contributed by atoms with van der Waals surface area (Å²) in [5.74, 6) is 0.0631. The Kier molecular flexibility index (Phi) is 4.07. The van der Waals surface area contributed by atoms with Crippen molar-refractivity contribution < 1.29 is 9.59 Å². The van der Waals surface area contributed by atoms with Gasteiger partial charge in [-0.3, -0.25) is 14.7 Å². The summed E-state index contributed by atoms with van der Waals surface area (Å²) >= 11 is 0. The average Bonchev–Trinajstić information content (AvgIpc) is 2.78. The molecular weight excluding hydrogens is 268 g/mol. The molecule has 110 valence electrons. The molecule has 6 heteroatoms. The number of anilines is 2. The lowest BCUT2D eigenvalue weighted by Gasteiger charge is -2.18. The molecule has 0 spiro atoms. The zero-order valence-corrected chi connectivity index (χ0v) is 12.5. The highest BCUT2D eigenvalue weighted by Crippen LogP contribution is 2.21. The third-order valence-corrected chi connectivity index (χ3v) is 3.47. The van der Waals surface area contributed by atoms with E-state index >= 15 is 0 Å². The second kappa shape index (κ2) is 5.78. The Morgan fingerprint density at radius 2 is 1.90 bits per heavy atom. The molecule has 0 aliphatic carbocycles. The van der Waals surface area contributed by atoms with Gasteiger partial charge >= 0.3 is 0 Å². The van der Waals surface area contributed by atoms with Crippen LogP contribution in [0.2, 0.25) is 0 Å². The van der Waals surface area contributed by atoms with Crippen molar-refractivity contribution in [2.75, 3.05) is 17.3 Å². The molecule has 1 heterocycles. The van der Waals surface area contributed by atoms with E-state index in [2.05, 4.69) is 15.5 Å². The molecule has 2 N–H and O–H groups in total. The quantitative estimate of drug-likeness (QED) is 0.908. The van der Waals surface area contributed by atoms with Crippen LogP contribution in [0.15, 0.2) is 24.3 Å². The van der Waals surface area contributed by atoms with E-state index < -0.39 is 0 Å².